The molecule has 0 aliphatic rings. The van der Waals surface area contributed by atoms with E-state index in [0.29, 0.717) is 5.56 Å². The van der Waals surface area contributed by atoms with Crippen LogP contribution < -0.4 is 5.73 Å². The number of primary amides is 1. The Bertz CT molecular complexity index is 373. The third kappa shape index (κ3) is 2.98. The van der Waals surface area contributed by atoms with Crippen molar-refractivity contribution < 1.29 is 13.9 Å². The van der Waals surface area contributed by atoms with Crippen molar-refractivity contribution in [3.8, 4) is 0 Å². The van der Waals surface area contributed by atoms with Gasteiger partial charge < -0.3 is 10.5 Å². The predicted octanol–water partition coefficient (Wildman–Crippen LogP) is 2.68. The summed E-state index contributed by atoms with van der Waals surface area (Å²) in [5.74, 6) is -0.546. The molecular formula is C8H6ClFINO2. The van der Waals surface area contributed by atoms with Gasteiger partial charge in [0.25, 0.3) is 0 Å². The summed E-state index contributed by atoms with van der Waals surface area (Å²) in [5, 5.41) is 0.0391. The summed E-state index contributed by atoms with van der Waals surface area (Å²) in [4.78, 5) is 10.3. The summed E-state index contributed by atoms with van der Waals surface area (Å²) < 4.78 is 18.2. The van der Waals surface area contributed by atoms with Gasteiger partial charge in [0.1, 0.15) is 12.4 Å². The van der Waals surface area contributed by atoms with Gasteiger partial charge in [-0.25, -0.2) is 9.18 Å². The number of rotatable bonds is 2. The lowest BCUT2D eigenvalue weighted by atomic mass is 10.2. The minimum atomic E-state index is -0.892. The van der Waals surface area contributed by atoms with Crippen LogP contribution in [0.2, 0.25) is 5.02 Å². The van der Waals surface area contributed by atoms with Gasteiger partial charge in [0.2, 0.25) is 0 Å². The lowest BCUT2D eigenvalue weighted by Crippen LogP contribution is -2.13. The average Bonchev–Trinajstić information content (AvgIpc) is 2.09. The van der Waals surface area contributed by atoms with Gasteiger partial charge in [0.15, 0.2) is 0 Å². The molecule has 76 valence electrons. The SMILES string of the molecule is NC(=O)OCc1cc(F)c(Cl)cc1I. The molecule has 0 spiro atoms. The molecule has 0 heterocycles. The zero-order valence-electron chi connectivity index (χ0n) is 6.89. The van der Waals surface area contributed by atoms with Crippen LogP contribution in [0.4, 0.5) is 9.18 Å². The van der Waals surface area contributed by atoms with Crippen molar-refractivity contribution in [3.63, 3.8) is 0 Å². The Hall–Kier alpha value is -0.560. The van der Waals surface area contributed by atoms with Crippen LogP contribution in [0.3, 0.4) is 0 Å². The van der Waals surface area contributed by atoms with Gasteiger partial charge in [-0.1, -0.05) is 11.6 Å². The van der Waals surface area contributed by atoms with Gasteiger partial charge in [-0.2, -0.15) is 0 Å². The molecular weight excluding hydrogens is 323 g/mol. The first-order valence-corrected chi connectivity index (χ1v) is 5.02. The lowest BCUT2D eigenvalue weighted by molar-refractivity contribution is 0.150. The molecule has 0 saturated carbocycles. The van der Waals surface area contributed by atoms with E-state index in [1.165, 1.54) is 12.1 Å². The maximum atomic E-state index is 13.0. The van der Waals surface area contributed by atoms with Crippen LogP contribution >= 0.6 is 34.2 Å². The highest BCUT2D eigenvalue weighted by Crippen LogP contribution is 2.22. The van der Waals surface area contributed by atoms with E-state index in [0.717, 1.165) is 3.57 Å². The third-order valence-corrected chi connectivity index (χ3v) is 2.75. The Morgan fingerprint density at radius 1 is 1.64 bits per heavy atom. The van der Waals surface area contributed by atoms with Gasteiger partial charge in [-0.05, 0) is 34.7 Å². The van der Waals surface area contributed by atoms with E-state index in [2.05, 4.69) is 4.74 Å². The molecule has 1 rings (SSSR count). The second kappa shape index (κ2) is 4.79. The third-order valence-electron chi connectivity index (χ3n) is 1.46. The number of nitrogens with two attached hydrogens (primary N) is 1. The number of carbonyl (C=O) groups is 1. The molecule has 0 fully saturated rings. The summed E-state index contributed by atoms with van der Waals surface area (Å²) in [7, 11) is 0. The fourth-order valence-corrected chi connectivity index (χ4v) is 1.79. The zero-order valence-corrected chi connectivity index (χ0v) is 9.80. The van der Waals surface area contributed by atoms with E-state index in [4.69, 9.17) is 17.3 Å². The zero-order chi connectivity index (χ0) is 10.7. The summed E-state index contributed by atoms with van der Waals surface area (Å²) in [6.07, 6.45) is -0.892. The van der Waals surface area contributed by atoms with Crippen LogP contribution in [-0.2, 0) is 11.3 Å². The smallest absolute Gasteiger partial charge is 0.404 e. The molecule has 0 bridgehead atoms. The topological polar surface area (TPSA) is 52.3 Å². The largest absolute Gasteiger partial charge is 0.445 e. The molecule has 1 aromatic rings. The van der Waals surface area contributed by atoms with Gasteiger partial charge in [-0.3, -0.25) is 0 Å². The van der Waals surface area contributed by atoms with Crippen molar-refractivity contribution in [2.75, 3.05) is 0 Å². The molecule has 0 aliphatic carbocycles. The fraction of sp³-hybridized carbons (Fsp3) is 0.125. The Balaban J connectivity index is 2.87. The van der Waals surface area contributed by atoms with E-state index < -0.39 is 11.9 Å². The normalized spacial score (nSPS) is 9.93. The molecule has 0 saturated heterocycles. The molecule has 1 amide bonds. The first-order chi connectivity index (χ1) is 6.50. The summed E-state index contributed by atoms with van der Waals surface area (Å²) >= 11 is 7.50. The van der Waals surface area contributed by atoms with Gasteiger partial charge in [0.05, 0.1) is 5.02 Å². The van der Waals surface area contributed by atoms with Crippen LogP contribution in [0.5, 0.6) is 0 Å². The number of hydrogen-bond acceptors (Lipinski definition) is 2. The predicted molar refractivity (Wildman–Crippen MR) is 58.5 cm³/mol. The molecule has 0 aliphatic heterocycles. The number of carbonyl (C=O) groups excluding carboxylic acids is 1. The second-order valence-corrected chi connectivity index (χ2v) is 4.03. The maximum Gasteiger partial charge on any atom is 0.404 e. The van der Waals surface area contributed by atoms with Crippen molar-refractivity contribution in [2.45, 2.75) is 6.61 Å². The Morgan fingerprint density at radius 3 is 2.86 bits per heavy atom. The van der Waals surface area contributed by atoms with E-state index in [1.807, 2.05) is 22.6 Å². The highest BCUT2D eigenvalue weighted by Gasteiger charge is 2.07. The van der Waals surface area contributed by atoms with Crippen LogP contribution in [0.1, 0.15) is 5.56 Å². The summed E-state index contributed by atoms with van der Waals surface area (Å²) in [6.45, 7) is -0.0539. The lowest BCUT2D eigenvalue weighted by Gasteiger charge is -2.05. The first-order valence-electron chi connectivity index (χ1n) is 3.56. The molecule has 3 nitrogen and oxygen atoms in total. The number of halogens is 3. The molecule has 14 heavy (non-hydrogen) atoms. The van der Waals surface area contributed by atoms with Crippen molar-refractivity contribution in [1.29, 1.82) is 0 Å². The standard InChI is InChI=1S/C8H6ClFINO2/c9-5-2-7(11)4(1-6(5)10)3-14-8(12)13/h1-2H,3H2,(H2,12,13). The van der Waals surface area contributed by atoms with Crippen molar-refractivity contribution >= 4 is 40.3 Å². The van der Waals surface area contributed by atoms with Crippen molar-refractivity contribution in [3.05, 3.63) is 32.1 Å². The average molecular weight is 329 g/mol. The Morgan fingerprint density at radius 2 is 2.29 bits per heavy atom. The van der Waals surface area contributed by atoms with E-state index in [9.17, 15) is 9.18 Å². The van der Waals surface area contributed by atoms with Crippen molar-refractivity contribution in [1.82, 2.24) is 0 Å². The molecule has 2 N–H and O–H groups in total. The molecule has 0 radical (unpaired) electrons. The minimum absolute atomic E-state index is 0.0391. The molecule has 1 aromatic carbocycles. The first kappa shape index (κ1) is 11.5. The number of benzene rings is 1. The molecule has 0 unspecified atom stereocenters. The second-order valence-electron chi connectivity index (χ2n) is 2.47. The van der Waals surface area contributed by atoms with E-state index in [-0.39, 0.29) is 11.6 Å². The number of hydrogen-bond donors (Lipinski definition) is 1. The maximum absolute atomic E-state index is 13.0. The summed E-state index contributed by atoms with van der Waals surface area (Å²) in [6, 6.07) is 2.67. The van der Waals surface area contributed by atoms with E-state index in [1.54, 1.807) is 0 Å². The Labute approximate surface area is 98.5 Å². The van der Waals surface area contributed by atoms with Crippen molar-refractivity contribution in [2.24, 2.45) is 5.73 Å². The highest BCUT2D eigenvalue weighted by molar-refractivity contribution is 14.1. The van der Waals surface area contributed by atoms with Crippen LogP contribution in [-0.4, -0.2) is 6.09 Å². The van der Waals surface area contributed by atoms with Gasteiger partial charge >= 0.3 is 6.09 Å². The fourth-order valence-electron chi connectivity index (χ4n) is 0.823. The van der Waals surface area contributed by atoms with Crippen LogP contribution in [0, 0.1) is 9.39 Å². The minimum Gasteiger partial charge on any atom is -0.445 e. The number of amides is 1. The quantitative estimate of drug-likeness (QED) is 0.670. The summed E-state index contributed by atoms with van der Waals surface area (Å²) in [5.41, 5.74) is 5.31. The Kier molecular flexibility index (Phi) is 3.94. The monoisotopic (exact) mass is 329 g/mol. The van der Waals surface area contributed by atoms with Gasteiger partial charge in [-0.15, -0.1) is 0 Å². The van der Waals surface area contributed by atoms with E-state index >= 15 is 0 Å². The van der Waals surface area contributed by atoms with Crippen LogP contribution in [0.25, 0.3) is 0 Å². The number of ether oxygens (including phenoxy) is 1. The van der Waals surface area contributed by atoms with Crippen LogP contribution in [0.15, 0.2) is 12.1 Å². The van der Waals surface area contributed by atoms with Gasteiger partial charge in [0, 0.05) is 9.13 Å². The molecule has 0 atom stereocenters. The highest BCUT2D eigenvalue weighted by atomic mass is 127. The molecule has 6 heteroatoms. The molecule has 0 aromatic heterocycles.